The molecular formula is C12H23O4. The van der Waals surface area contributed by atoms with E-state index in [1.54, 1.807) is 6.92 Å². The van der Waals surface area contributed by atoms with Gasteiger partial charge in [0.05, 0.1) is 6.61 Å². The number of rotatable bonds is 10. The maximum Gasteiger partial charge on any atom is 0.308 e. The van der Waals surface area contributed by atoms with Crippen molar-refractivity contribution in [3.8, 4) is 0 Å². The molecule has 0 rings (SSSR count). The van der Waals surface area contributed by atoms with Gasteiger partial charge in [-0.3, -0.25) is 4.79 Å². The van der Waals surface area contributed by atoms with Crippen LogP contribution in [0, 0.1) is 0 Å². The topological polar surface area (TPSA) is 55.4 Å². The third-order valence-corrected chi connectivity index (χ3v) is 2.40. The van der Waals surface area contributed by atoms with Gasteiger partial charge in [-0.1, -0.05) is 25.7 Å². The van der Waals surface area contributed by atoms with Crippen LogP contribution in [0.4, 0.5) is 0 Å². The third-order valence-electron chi connectivity index (χ3n) is 2.40. The lowest BCUT2D eigenvalue weighted by Crippen LogP contribution is -2.16. The first-order valence-corrected chi connectivity index (χ1v) is 6.01. The number of hydrogen-bond donors (Lipinski definition) is 0. The second kappa shape index (κ2) is 10.9. The fourth-order valence-corrected chi connectivity index (χ4v) is 1.37. The van der Waals surface area contributed by atoms with Gasteiger partial charge in [0, 0.05) is 13.5 Å². The lowest BCUT2D eigenvalue weighted by atomic mass is 10.1. The quantitative estimate of drug-likeness (QED) is 0.330. The summed E-state index contributed by atoms with van der Waals surface area (Å²) in [6.45, 7) is 1.72. The summed E-state index contributed by atoms with van der Waals surface area (Å²) in [4.78, 5) is 11.2. The van der Waals surface area contributed by atoms with Crippen LogP contribution in [0.15, 0.2) is 0 Å². The summed E-state index contributed by atoms with van der Waals surface area (Å²) in [5, 5.41) is 10.2. The van der Waals surface area contributed by atoms with E-state index >= 15 is 0 Å². The average molecular weight is 231 g/mol. The molecule has 0 saturated carbocycles. The highest BCUT2D eigenvalue weighted by Gasteiger charge is 2.07. The Morgan fingerprint density at radius 2 is 1.62 bits per heavy atom. The average Bonchev–Trinajstić information content (AvgIpc) is 2.27. The molecule has 0 aromatic carbocycles. The Bertz CT molecular complexity index is 170. The van der Waals surface area contributed by atoms with Crippen molar-refractivity contribution >= 4 is 5.97 Å². The molecular weight excluding hydrogens is 208 g/mol. The molecule has 0 heterocycles. The fraction of sp³-hybridized carbons (Fsp3) is 0.917. The van der Waals surface area contributed by atoms with Gasteiger partial charge in [0.15, 0.2) is 6.29 Å². The van der Waals surface area contributed by atoms with Crippen molar-refractivity contribution in [1.29, 1.82) is 0 Å². The number of unbranched alkanes of at least 4 members (excludes halogenated alkanes) is 5. The smallest absolute Gasteiger partial charge is 0.308 e. The van der Waals surface area contributed by atoms with Gasteiger partial charge in [0.1, 0.15) is 0 Å². The Kier molecular flexibility index (Phi) is 10.5. The SMILES string of the molecule is COC(C)OC(=O)CCCCCCCC[O]. The van der Waals surface area contributed by atoms with Crippen LogP contribution in [-0.2, 0) is 19.4 Å². The molecule has 0 aromatic rings. The standard InChI is InChI=1S/C12H23O4/c1-11(15-2)16-12(14)9-7-5-3-4-6-8-10-13/h11H,3-10H2,1-2H3. The molecule has 95 valence electrons. The van der Waals surface area contributed by atoms with Crippen molar-refractivity contribution in [3.05, 3.63) is 0 Å². The second-order valence-corrected chi connectivity index (χ2v) is 3.87. The normalized spacial score (nSPS) is 12.4. The summed E-state index contributed by atoms with van der Waals surface area (Å²) in [5.74, 6) is -0.200. The summed E-state index contributed by atoms with van der Waals surface area (Å²) in [6, 6.07) is 0. The van der Waals surface area contributed by atoms with Gasteiger partial charge >= 0.3 is 5.97 Å². The second-order valence-electron chi connectivity index (χ2n) is 3.87. The number of hydrogen-bond acceptors (Lipinski definition) is 3. The predicted octanol–water partition coefficient (Wildman–Crippen LogP) is 2.68. The molecule has 1 atom stereocenters. The number of carbonyl (C=O) groups excluding carboxylic acids is 1. The van der Waals surface area contributed by atoms with E-state index in [-0.39, 0.29) is 12.6 Å². The number of esters is 1. The van der Waals surface area contributed by atoms with Gasteiger partial charge in [-0.25, -0.2) is 5.11 Å². The molecule has 0 N–H and O–H groups in total. The van der Waals surface area contributed by atoms with Crippen LogP contribution >= 0.6 is 0 Å². The molecule has 1 unspecified atom stereocenters. The van der Waals surface area contributed by atoms with Crippen LogP contribution in [-0.4, -0.2) is 26.0 Å². The predicted molar refractivity (Wildman–Crippen MR) is 60.4 cm³/mol. The maximum atomic E-state index is 11.2. The first kappa shape index (κ1) is 15.4. The van der Waals surface area contributed by atoms with Crippen LogP contribution < -0.4 is 0 Å². The monoisotopic (exact) mass is 231 g/mol. The van der Waals surface area contributed by atoms with Gasteiger partial charge < -0.3 is 9.47 Å². The van der Waals surface area contributed by atoms with Crippen LogP contribution in [0.5, 0.6) is 0 Å². The zero-order chi connectivity index (χ0) is 12.2. The molecule has 0 saturated heterocycles. The Hall–Kier alpha value is -0.610. The van der Waals surface area contributed by atoms with Crippen molar-refractivity contribution in [2.45, 2.75) is 58.2 Å². The highest BCUT2D eigenvalue weighted by molar-refractivity contribution is 5.69. The van der Waals surface area contributed by atoms with E-state index in [9.17, 15) is 9.90 Å². The molecule has 0 aliphatic heterocycles. The first-order valence-electron chi connectivity index (χ1n) is 6.01. The van der Waals surface area contributed by atoms with E-state index in [0.29, 0.717) is 6.42 Å². The van der Waals surface area contributed by atoms with E-state index in [0.717, 1.165) is 38.5 Å². The summed E-state index contributed by atoms with van der Waals surface area (Å²) in [6.07, 6.45) is 5.84. The van der Waals surface area contributed by atoms with Gasteiger partial charge in [-0.05, 0) is 19.8 Å². The maximum absolute atomic E-state index is 11.2. The summed E-state index contributed by atoms with van der Waals surface area (Å²) >= 11 is 0. The number of methoxy groups -OCH3 is 1. The van der Waals surface area contributed by atoms with Crippen molar-refractivity contribution < 1.29 is 19.4 Å². The van der Waals surface area contributed by atoms with E-state index in [1.807, 2.05) is 0 Å². The van der Waals surface area contributed by atoms with Gasteiger partial charge in [-0.15, -0.1) is 0 Å². The molecule has 0 bridgehead atoms. The molecule has 1 radical (unpaired) electrons. The van der Waals surface area contributed by atoms with Crippen molar-refractivity contribution in [3.63, 3.8) is 0 Å². The van der Waals surface area contributed by atoms with Crippen LogP contribution in [0.2, 0.25) is 0 Å². The molecule has 16 heavy (non-hydrogen) atoms. The highest BCUT2D eigenvalue weighted by Crippen LogP contribution is 2.08. The van der Waals surface area contributed by atoms with Gasteiger partial charge in [-0.2, -0.15) is 0 Å². The van der Waals surface area contributed by atoms with E-state index in [4.69, 9.17) is 9.47 Å². The lowest BCUT2D eigenvalue weighted by Gasteiger charge is -2.10. The van der Waals surface area contributed by atoms with Crippen LogP contribution in [0.1, 0.15) is 51.9 Å². The largest absolute Gasteiger partial charge is 0.436 e. The Morgan fingerprint density at radius 3 is 2.19 bits per heavy atom. The van der Waals surface area contributed by atoms with E-state index in [1.165, 1.54) is 7.11 Å². The molecule has 0 amide bonds. The highest BCUT2D eigenvalue weighted by atomic mass is 16.7. The Morgan fingerprint density at radius 1 is 1.06 bits per heavy atom. The summed E-state index contributed by atoms with van der Waals surface area (Å²) in [5.41, 5.74) is 0. The third kappa shape index (κ3) is 9.93. The Labute approximate surface area is 97.9 Å². The zero-order valence-corrected chi connectivity index (χ0v) is 10.4. The fourth-order valence-electron chi connectivity index (χ4n) is 1.37. The molecule has 0 aliphatic carbocycles. The van der Waals surface area contributed by atoms with Gasteiger partial charge in [0.2, 0.25) is 0 Å². The zero-order valence-electron chi connectivity index (χ0n) is 10.4. The molecule has 0 aliphatic rings. The Balaban J connectivity index is 3.21. The van der Waals surface area contributed by atoms with Crippen LogP contribution in [0.25, 0.3) is 0 Å². The summed E-state index contributed by atoms with van der Waals surface area (Å²) in [7, 11) is 1.51. The van der Waals surface area contributed by atoms with E-state index in [2.05, 4.69) is 0 Å². The summed E-state index contributed by atoms with van der Waals surface area (Å²) < 4.78 is 9.76. The van der Waals surface area contributed by atoms with Crippen molar-refractivity contribution in [1.82, 2.24) is 0 Å². The van der Waals surface area contributed by atoms with Crippen LogP contribution in [0.3, 0.4) is 0 Å². The number of carbonyl (C=O) groups is 1. The molecule has 4 nitrogen and oxygen atoms in total. The lowest BCUT2D eigenvalue weighted by molar-refractivity contribution is -0.169. The minimum absolute atomic E-state index is 0.0290. The van der Waals surface area contributed by atoms with E-state index < -0.39 is 6.29 Å². The van der Waals surface area contributed by atoms with Gasteiger partial charge in [0.25, 0.3) is 0 Å². The molecule has 4 heteroatoms. The molecule has 0 fully saturated rings. The number of ether oxygens (including phenoxy) is 2. The minimum Gasteiger partial charge on any atom is -0.436 e. The van der Waals surface area contributed by atoms with Crippen molar-refractivity contribution in [2.75, 3.05) is 13.7 Å². The molecule has 0 aromatic heterocycles. The first-order chi connectivity index (χ1) is 7.70. The van der Waals surface area contributed by atoms with Crippen molar-refractivity contribution in [2.24, 2.45) is 0 Å². The minimum atomic E-state index is -0.454. The molecule has 0 spiro atoms.